The second kappa shape index (κ2) is 9.83. The standard InChI is InChI=1S/C18H23ClN2O4S/c1-11-5-3-4-6-15(11)20-18(24)21-16(22)10-25-17(23)13-9-12(26-2)7-8-14(13)19/h7-9,11,15H,3-6,10H2,1-2H3,(H2,20,21,22,24)/t11-,15-/m1/s1. The zero-order valence-electron chi connectivity index (χ0n) is 14.8. The van der Waals surface area contributed by atoms with Crippen molar-refractivity contribution in [3.05, 3.63) is 28.8 Å². The van der Waals surface area contributed by atoms with Crippen LogP contribution in [-0.4, -0.2) is 36.8 Å². The molecule has 3 amide bonds. The molecule has 0 saturated heterocycles. The van der Waals surface area contributed by atoms with Crippen molar-refractivity contribution in [2.75, 3.05) is 12.9 Å². The topological polar surface area (TPSA) is 84.5 Å². The van der Waals surface area contributed by atoms with Crippen molar-refractivity contribution >= 4 is 41.3 Å². The van der Waals surface area contributed by atoms with E-state index in [1.165, 1.54) is 11.8 Å². The van der Waals surface area contributed by atoms with Gasteiger partial charge in [0.25, 0.3) is 5.91 Å². The van der Waals surface area contributed by atoms with Crippen molar-refractivity contribution in [1.82, 2.24) is 10.6 Å². The van der Waals surface area contributed by atoms with Crippen LogP contribution < -0.4 is 10.6 Å². The van der Waals surface area contributed by atoms with Crippen LogP contribution in [0.15, 0.2) is 23.1 Å². The summed E-state index contributed by atoms with van der Waals surface area (Å²) in [5, 5.41) is 5.24. The predicted octanol–water partition coefficient (Wildman–Crippen LogP) is 3.62. The molecule has 1 aliphatic rings. The van der Waals surface area contributed by atoms with E-state index >= 15 is 0 Å². The lowest BCUT2D eigenvalue weighted by Crippen LogP contribution is -2.48. The number of carbonyl (C=O) groups is 3. The molecule has 0 heterocycles. The van der Waals surface area contributed by atoms with E-state index in [0.717, 1.165) is 30.6 Å². The SMILES string of the molecule is CSc1ccc(Cl)c(C(=O)OCC(=O)NC(=O)N[C@@H]2CCCC[C@H]2C)c1. The number of urea groups is 1. The van der Waals surface area contributed by atoms with E-state index in [4.69, 9.17) is 16.3 Å². The number of benzene rings is 1. The smallest absolute Gasteiger partial charge is 0.340 e. The Bertz CT molecular complexity index is 683. The number of halogens is 1. The Hall–Kier alpha value is -1.73. The fourth-order valence-electron chi connectivity index (χ4n) is 2.89. The molecule has 2 N–H and O–H groups in total. The molecule has 1 aromatic rings. The summed E-state index contributed by atoms with van der Waals surface area (Å²) >= 11 is 7.45. The van der Waals surface area contributed by atoms with Crippen LogP contribution in [0.5, 0.6) is 0 Å². The highest BCUT2D eigenvalue weighted by molar-refractivity contribution is 7.98. The lowest BCUT2D eigenvalue weighted by atomic mass is 9.86. The summed E-state index contributed by atoms with van der Waals surface area (Å²) in [6.07, 6.45) is 6.07. The third-order valence-electron chi connectivity index (χ3n) is 4.41. The lowest BCUT2D eigenvalue weighted by molar-refractivity contribution is -0.123. The van der Waals surface area contributed by atoms with Gasteiger partial charge in [-0.25, -0.2) is 9.59 Å². The second-order valence-electron chi connectivity index (χ2n) is 6.31. The number of hydrogen-bond acceptors (Lipinski definition) is 5. The molecule has 26 heavy (non-hydrogen) atoms. The molecule has 2 rings (SSSR count). The Kier molecular flexibility index (Phi) is 7.78. The second-order valence-corrected chi connectivity index (χ2v) is 7.60. The lowest BCUT2D eigenvalue weighted by Gasteiger charge is -2.29. The fraction of sp³-hybridized carbons (Fsp3) is 0.500. The van der Waals surface area contributed by atoms with E-state index < -0.39 is 24.5 Å². The molecule has 0 bridgehead atoms. The molecule has 1 aromatic carbocycles. The molecule has 6 nitrogen and oxygen atoms in total. The maximum absolute atomic E-state index is 12.1. The molecule has 0 aliphatic heterocycles. The third kappa shape index (κ3) is 5.92. The van der Waals surface area contributed by atoms with Gasteiger partial charge in [0.1, 0.15) is 0 Å². The summed E-state index contributed by atoms with van der Waals surface area (Å²) in [5.41, 5.74) is 0.187. The number of amides is 3. The molecule has 0 spiro atoms. The number of esters is 1. The number of thioether (sulfide) groups is 1. The molecule has 0 radical (unpaired) electrons. The maximum atomic E-state index is 12.1. The minimum absolute atomic E-state index is 0.0622. The van der Waals surface area contributed by atoms with Gasteiger partial charge in [0, 0.05) is 10.9 Å². The Morgan fingerprint density at radius 3 is 2.69 bits per heavy atom. The van der Waals surface area contributed by atoms with Gasteiger partial charge in [0.05, 0.1) is 10.6 Å². The summed E-state index contributed by atoms with van der Waals surface area (Å²) in [6, 6.07) is 4.49. The number of carbonyl (C=O) groups excluding carboxylic acids is 3. The summed E-state index contributed by atoms with van der Waals surface area (Å²) < 4.78 is 4.96. The number of rotatable bonds is 5. The van der Waals surface area contributed by atoms with E-state index in [9.17, 15) is 14.4 Å². The number of hydrogen-bond donors (Lipinski definition) is 2. The van der Waals surface area contributed by atoms with Crippen LogP contribution in [0, 0.1) is 5.92 Å². The quantitative estimate of drug-likeness (QED) is 0.584. The molecule has 142 valence electrons. The highest BCUT2D eigenvalue weighted by atomic mass is 35.5. The Labute approximate surface area is 162 Å². The number of ether oxygens (including phenoxy) is 1. The van der Waals surface area contributed by atoms with Gasteiger partial charge in [-0.05, 0) is 43.2 Å². The van der Waals surface area contributed by atoms with Crippen molar-refractivity contribution in [3.63, 3.8) is 0 Å². The molecule has 0 unspecified atom stereocenters. The summed E-state index contributed by atoms with van der Waals surface area (Å²) in [7, 11) is 0. The van der Waals surface area contributed by atoms with Crippen LogP contribution in [0.2, 0.25) is 5.02 Å². The minimum atomic E-state index is -0.706. The van der Waals surface area contributed by atoms with Crippen molar-refractivity contribution in [3.8, 4) is 0 Å². The highest BCUT2D eigenvalue weighted by Gasteiger charge is 2.23. The third-order valence-corrected chi connectivity index (χ3v) is 5.46. The zero-order chi connectivity index (χ0) is 19.1. The first-order valence-corrected chi connectivity index (χ1v) is 10.1. The minimum Gasteiger partial charge on any atom is -0.452 e. The van der Waals surface area contributed by atoms with Crippen LogP contribution >= 0.6 is 23.4 Å². The molecule has 1 aliphatic carbocycles. The fourth-order valence-corrected chi connectivity index (χ4v) is 3.53. The maximum Gasteiger partial charge on any atom is 0.340 e. The highest BCUT2D eigenvalue weighted by Crippen LogP contribution is 2.24. The van der Waals surface area contributed by atoms with Gasteiger partial charge in [0.15, 0.2) is 6.61 Å². The first kappa shape index (κ1) is 20.6. The Morgan fingerprint density at radius 2 is 2.00 bits per heavy atom. The van der Waals surface area contributed by atoms with E-state index in [1.54, 1.807) is 18.2 Å². The average molecular weight is 399 g/mol. The summed E-state index contributed by atoms with van der Waals surface area (Å²) in [6.45, 7) is 1.53. The Morgan fingerprint density at radius 1 is 1.27 bits per heavy atom. The molecule has 0 aromatic heterocycles. The molecule has 2 atom stereocenters. The summed E-state index contributed by atoms with van der Waals surface area (Å²) in [4.78, 5) is 36.7. The normalized spacial score (nSPS) is 19.5. The van der Waals surface area contributed by atoms with Crippen LogP contribution in [0.25, 0.3) is 0 Å². The molecule has 8 heteroatoms. The number of nitrogens with one attached hydrogen (secondary N) is 2. The Balaban J connectivity index is 1.80. The predicted molar refractivity (Wildman–Crippen MR) is 102 cm³/mol. The van der Waals surface area contributed by atoms with Crippen LogP contribution in [0.4, 0.5) is 4.79 Å². The van der Waals surface area contributed by atoms with Crippen molar-refractivity contribution in [2.24, 2.45) is 5.92 Å². The first-order valence-electron chi connectivity index (χ1n) is 8.51. The molecule has 1 fully saturated rings. The van der Waals surface area contributed by atoms with Gasteiger partial charge in [-0.3, -0.25) is 10.1 Å². The van der Waals surface area contributed by atoms with Gasteiger partial charge in [-0.1, -0.05) is 31.4 Å². The van der Waals surface area contributed by atoms with Gasteiger partial charge in [-0.15, -0.1) is 11.8 Å². The van der Waals surface area contributed by atoms with E-state index in [2.05, 4.69) is 17.6 Å². The van der Waals surface area contributed by atoms with E-state index in [1.807, 2.05) is 6.26 Å². The molecular weight excluding hydrogens is 376 g/mol. The first-order chi connectivity index (χ1) is 12.4. The van der Waals surface area contributed by atoms with E-state index in [0.29, 0.717) is 5.92 Å². The van der Waals surface area contributed by atoms with Crippen molar-refractivity contribution < 1.29 is 19.1 Å². The van der Waals surface area contributed by atoms with Crippen molar-refractivity contribution in [1.29, 1.82) is 0 Å². The number of imide groups is 1. The largest absolute Gasteiger partial charge is 0.452 e. The van der Waals surface area contributed by atoms with Crippen LogP contribution in [0.3, 0.4) is 0 Å². The monoisotopic (exact) mass is 398 g/mol. The van der Waals surface area contributed by atoms with Gasteiger partial charge in [-0.2, -0.15) is 0 Å². The average Bonchev–Trinajstić information content (AvgIpc) is 2.62. The van der Waals surface area contributed by atoms with Crippen LogP contribution in [-0.2, 0) is 9.53 Å². The van der Waals surface area contributed by atoms with Gasteiger partial charge < -0.3 is 10.1 Å². The van der Waals surface area contributed by atoms with Gasteiger partial charge >= 0.3 is 12.0 Å². The van der Waals surface area contributed by atoms with Crippen molar-refractivity contribution in [2.45, 2.75) is 43.5 Å². The zero-order valence-corrected chi connectivity index (χ0v) is 16.4. The molecule has 1 saturated carbocycles. The summed E-state index contributed by atoms with van der Waals surface area (Å²) in [5.74, 6) is -1.01. The van der Waals surface area contributed by atoms with Crippen LogP contribution in [0.1, 0.15) is 43.0 Å². The molecular formula is C18H23ClN2O4S. The van der Waals surface area contributed by atoms with E-state index in [-0.39, 0.29) is 16.6 Å². The van der Waals surface area contributed by atoms with Gasteiger partial charge in [0.2, 0.25) is 0 Å².